The third kappa shape index (κ3) is 10.3. The number of rotatable bonds is 9. The van der Waals surface area contributed by atoms with Crippen LogP contribution < -0.4 is 10.6 Å². The number of halogens is 4. The number of hydrogen-bond donors (Lipinski definition) is 2. The fourth-order valence-corrected chi connectivity index (χ4v) is 4.20. The second kappa shape index (κ2) is 13.3. The van der Waals surface area contributed by atoms with Crippen LogP contribution in [0.4, 0.5) is 13.2 Å². The molecular formula is C21H30F3IN4OS. The van der Waals surface area contributed by atoms with Gasteiger partial charge in [0.2, 0.25) is 0 Å². The van der Waals surface area contributed by atoms with Gasteiger partial charge in [-0.15, -0.1) is 35.3 Å². The number of thiophene rings is 1. The first kappa shape index (κ1) is 26.0. The molecule has 5 nitrogen and oxygen atoms in total. The topological polar surface area (TPSA) is 52.8 Å². The van der Waals surface area contributed by atoms with Crippen molar-refractivity contribution < 1.29 is 17.6 Å². The van der Waals surface area contributed by atoms with Crippen LogP contribution >= 0.6 is 35.3 Å². The molecular weight excluding hydrogens is 540 g/mol. The molecule has 1 aliphatic heterocycles. The Morgan fingerprint density at radius 2 is 1.94 bits per heavy atom. The Morgan fingerprint density at radius 1 is 1.16 bits per heavy atom. The van der Waals surface area contributed by atoms with Gasteiger partial charge in [-0.3, -0.25) is 4.90 Å². The third-order valence-electron chi connectivity index (χ3n) is 5.17. The monoisotopic (exact) mass is 570 g/mol. The second-order valence-electron chi connectivity index (χ2n) is 7.55. The number of nitrogens with zero attached hydrogens (tertiary/aromatic N) is 2. The molecule has 174 valence electrons. The van der Waals surface area contributed by atoms with Crippen LogP contribution in [0.5, 0.6) is 0 Å². The lowest BCUT2D eigenvalue weighted by atomic mass is 9.93. The van der Waals surface area contributed by atoms with Crippen molar-refractivity contribution in [3.63, 3.8) is 0 Å². The highest BCUT2D eigenvalue weighted by Gasteiger charge is 2.32. The van der Waals surface area contributed by atoms with Crippen molar-refractivity contribution in [3.8, 4) is 0 Å². The maximum atomic E-state index is 12.5. The zero-order valence-corrected chi connectivity index (χ0v) is 20.5. The fourth-order valence-electron chi connectivity index (χ4n) is 3.57. The molecule has 2 N–H and O–H groups in total. The molecule has 3 heterocycles. The van der Waals surface area contributed by atoms with Crippen molar-refractivity contribution in [2.45, 2.75) is 38.4 Å². The van der Waals surface area contributed by atoms with Crippen LogP contribution in [-0.4, -0.2) is 49.8 Å². The summed E-state index contributed by atoms with van der Waals surface area (Å²) in [4.78, 5) is 7.36. The summed E-state index contributed by atoms with van der Waals surface area (Å²) in [7, 11) is 0. The van der Waals surface area contributed by atoms with Crippen LogP contribution in [-0.2, 0) is 13.0 Å². The first-order valence-electron chi connectivity index (χ1n) is 10.3. The Morgan fingerprint density at radius 3 is 2.58 bits per heavy atom. The zero-order chi connectivity index (χ0) is 21.2. The summed E-state index contributed by atoms with van der Waals surface area (Å²) >= 11 is 1.67. The van der Waals surface area contributed by atoms with Crippen molar-refractivity contribution in [3.05, 3.63) is 46.5 Å². The zero-order valence-electron chi connectivity index (χ0n) is 17.4. The molecule has 10 heteroatoms. The summed E-state index contributed by atoms with van der Waals surface area (Å²) in [6.45, 7) is 2.32. The van der Waals surface area contributed by atoms with E-state index in [2.05, 4.69) is 21.7 Å². The maximum absolute atomic E-state index is 12.5. The quantitative estimate of drug-likeness (QED) is 0.256. The highest BCUT2D eigenvalue weighted by Crippen LogP contribution is 2.24. The van der Waals surface area contributed by atoms with Gasteiger partial charge in [-0.1, -0.05) is 6.07 Å². The summed E-state index contributed by atoms with van der Waals surface area (Å²) in [5.41, 5.74) is 0. The first-order valence-corrected chi connectivity index (χ1v) is 11.2. The number of nitrogens with one attached hydrogen (secondary N) is 2. The van der Waals surface area contributed by atoms with E-state index in [1.807, 2.05) is 23.6 Å². The second-order valence-corrected chi connectivity index (χ2v) is 8.58. The van der Waals surface area contributed by atoms with Crippen LogP contribution in [0, 0.1) is 5.92 Å². The van der Waals surface area contributed by atoms with Gasteiger partial charge in [0.05, 0.1) is 19.4 Å². The van der Waals surface area contributed by atoms with Gasteiger partial charge in [-0.2, -0.15) is 13.2 Å². The first-order chi connectivity index (χ1) is 14.5. The average Bonchev–Trinajstić information content (AvgIpc) is 3.40. The summed E-state index contributed by atoms with van der Waals surface area (Å²) in [5.74, 6) is 2.12. The van der Waals surface area contributed by atoms with Crippen LogP contribution in [0.1, 0.15) is 29.9 Å². The highest BCUT2D eigenvalue weighted by molar-refractivity contribution is 14.0. The van der Waals surface area contributed by atoms with Gasteiger partial charge in [0.15, 0.2) is 5.96 Å². The fraction of sp³-hybridized carbons (Fsp3) is 0.571. The standard InChI is InChI=1S/C21H29F3N4OS.HI/c22-21(23,24)16-28-11-7-17(8-12-28)5-9-25-20(27-15-19-4-2-14-30-19)26-10-6-18-3-1-13-29-18;/h1-4,13-14,17H,5-12,15-16H2,(H2,25,26,27);1H. The van der Waals surface area contributed by atoms with Crippen LogP contribution in [0.15, 0.2) is 45.3 Å². The van der Waals surface area contributed by atoms with E-state index in [9.17, 15) is 13.2 Å². The largest absolute Gasteiger partial charge is 0.469 e. The lowest BCUT2D eigenvalue weighted by Gasteiger charge is -2.32. The van der Waals surface area contributed by atoms with E-state index in [0.29, 0.717) is 32.1 Å². The van der Waals surface area contributed by atoms with Crippen molar-refractivity contribution in [1.82, 2.24) is 15.5 Å². The Hall–Kier alpha value is -1.27. The van der Waals surface area contributed by atoms with Gasteiger partial charge < -0.3 is 15.1 Å². The molecule has 1 fully saturated rings. The minimum Gasteiger partial charge on any atom is -0.469 e. The number of piperidine rings is 1. The number of hydrogen-bond acceptors (Lipinski definition) is 4. The van der Waals surface area contributed by atoms with Gasteiger partial charge >= 0.3 is 6.18 Å². The summed E-state index contributed by atoms with van der Waals surface area (Å²) < 4.78 is 42.9. The van der Waals surface area contributed by atoms with Crippen molar-refractivity contribution in [2.24, 2.45) is 10.9 Å². The molecule has 0 bridgehead atoms. The van der Waals surface area contributed by atoms with Crippen molar-refractivity contribution in [2.75, 3.05) is 32.7 Å². The number of guanidine groups is 1. The van der Waals surface area contributed by atoms with E-state index in [1.54, 1.807) is 17.6 Å². The molecule has 0 aromatic carbocycles. The molecule has 0 spiro atoms. The summed E-state index contributed by atoms with van der Waals surface area (Å²) in [6.07, 6.45) is 0.877. The minimum absolute atomic E-state index is 0. The van der Waals surface area contributed by atoms with E-state index < -0.39 is 12.7 Å². The number of likely N-dealkylation sites (tertiary alicyclic amines) is 1. The number of aliphatic imine (C=N–C) groups is 1. The Labute approximate surface area is 202 Å². The SMILES string of the molecule is FC(F)(F)CN1CCC(CCNC(=NCc2cccs2)NCCc2ccco2)CC1.I. The van der Waals surface area contributed by atoms with Gasteiger partial charge in [-0.25, -0.2) is 4.99 Å². The Balaban J connectivity index is 0.00000341. The molecule has 31 heavy (non-hydrogen) atoms. The van der Waals surface area contributed by atoms with E-state index in [1.165, 1.54) is 9.78 Å². The summed E-state index contributed by atoms with van der Waals surface area (Å²) in [5, 5.41) is 8.75. The molecule has 1 saturated heterocycles. The van der Waals surface area contributed by atoms with E-state index >= 15 is 0 Å². The summed E-state index contributed by atoms with van der Waals surface area (Å²) in [6, 6.07) is 7.89. The van der Waals surface area contributed by atoms with E-state index in [-0.39, 0.29) is 24.0 Å². The lowest BCUT2D eigenvalue weighted by molar-refractivity contribution is -0.148. The molecule has 0 radical (unpaired) electrons. The maximum Gasteiger partial charge on any atom is 0.401 e. The Bertz CT molecular complexity index is 745. The molecule has 2 aromatic heterocycles. The smallest absolute Gasteiger partial charge is 0.401 e. The van der Waals surface area contributed by atoms with E-state index in [0.717, 1.165) is 43.9 Å². The predicted octanol–water partition coefficient (Wildman–Crippen LogP) is 4.90. The number of furan rings is 1. The van der Waals surface area contributed by atoms with Gasteiger partial charge in [0.25, 0.3) is 0 Å². The molecule has 0 unspecified atom stereocenters. The molecule has 0 saturated carbocycles. The van der Waals surface area contributed by atoms with Crippen LogP contribution in [0.3, 0.4) is 0 Å². The lowest BCUT2D eigenvalue weighted by Crippen LogP contribution is -2.42. The van der Waals surface area contributed by atoms with Gasteiger partial charge in [0.1, 0.15) is 5.76 Å². The third-order valence-corrected chi connectivity index (χ3v) is 6.03. The van der Waals surface area contributed by atoms with Gasteiger partial charge in [0, 0.05) is 24.4 Å². The molecule has 0 atom stereocenters. The highest BCUT2D eigenvalue weighted by atomic mass is 127. The van der Waals surface area contributed by atoms with Gasteiger partial charge in [-0.05, 0) is 61.8 Å². The average molecular weight is 570 g/mol. The van der Waals surface area contributed by atoms with Crippen molar-refractivity contribution >= 4 is 41.3 Å². The normalized spacial score (nSPS) is 16.2. The van der Waals surface area contributed by atoms with Crippen LogP contribution in [0.2, 0.25) is 0 Å². The Kier molecular flexibility index (Phi) is 11.2. The molecule has 3 rings (SSSR count). The minimum atomic E-state index is -4.11. The molecule has 2 aromatic rings. The molecule has 0 aliphatic carbocycles. The molecule has 1 aliphatic rings. The predicted molar refractivity (Wildman–Crippen MR) is 129 cm³/mol. The van der Waals surface area contributed by atoms with Crippen molar-refractivity contribution in [1.29, 1.82) is 0 Å². The van der Waals surface area contributed by atoms with Crippen LogP contribution in [0.25, 0.3) is 0 Å². The number of alkyl halides is 3. The molecule has 0 amide bonds. The van der Waals surface area contributed by atoms with E-state index in [4.69, 9.17) is 4.42 Å².